The van der Waals surface area contributed by atoms with Crippen LogP contribution in [0.2, 0.25) is 0 Å². The Hall–Kier alpha value is -2.08. The number of carbonyl (C=O) groups is 2. The molecule has 0 aliphatic rings. The average Bonchev–Trinajstić information content (AvgIpc) is 2.37. The molecule has 0 fully saturated rings. The quantitative estimate of drug-likeness (QED) is 0.816. The number of amides is 2. The largest absolute Gasteiger partial charge is 0.481 e. The molecule has 19 heavy (non-hydrogen) atoms. The summed E-state index contributed by atoms with van der Waals surface area (Å²) >= 11 is 0. The highest BCUT2D eigenvalue weighted by atomic mass is 16.5. The lowest BCUT2D eigenvalue weighted by molar-refractivity contribution is -0.136. The fourth-order valence-corrected chi connectivity index (χ4v) is 1.43. The molecular formula is C13H18N2O4. The van der Waals surface area contributed by atoms with E-state index in [0.717, 1.165) is 0 Å². The summed E-state index contributed by atoms with van der Waals surface area (Å²) in [4.78, 5) is 23.8. The molecule has 1 aromatic carbocycles. The van der Waals surface area contributed by atoms with Gasteiger partial charge in [-0.25, -0.2) is 4.79 Å². The Morgan fingerprint density at radius 1 is 1.32 bits per heavy atom. The van der Waals surface area contributed by atoms with E-state index in [0.29, 0.717) is 24.4 Å². The number of nitrogens with one attached hydrogen (secondary N) is 1. The molecular weight excluding hydrogens is 248 g/mol. The van der Waals surface area contributed by atoms with Crippen LogP contribution in [0.4, 0.5) is 10.5 Å². The van der Waals surface area contributed by atoms with Gasteiger partial charge >= 0.3 is 12.0 Å². The topological polar surface area (TPSA) is 78.9 Å². The zero-order valence-corrected chi connectivity index (χ0v) is 11.0. The highest BCUT2D eigenvalue weighted by Gasteiger charge is 2.08. The number of anilines is 1. The molecule has 2 N–H and O–H groups in total. The van der Waals surface area contributed by atoms with Gasteiger partial charge in [0.15, 0.2) is 0 Å². The maximum Gasteiger partial charge on any atom is 0.321 e. The van der Waals surface area contributed by atoms with Crippen LogP contribution in [0.15, 0.2) is 24.3 Å². The average molecular weight is 266 g/mol. The van der Waals surface area contributed by atoms with E-state index in [2.05, 4.69) is 5.32 Å². The lowest BCUT2D eigenvalue weighted by Crippen LogP contribution is -2.33. The summed E-state index contributed by atoms with van der Waals surface area (Å²) in [5.41, 5.74) is 1.32. The molecule has 6 heteroatoms. The number of carboxylic acids is 1. The fourth-order valence-electron chi connectivity index (χ4n) is 1.43. The Balaban J connectivity index is 2.52. The minimum atomic E-state index is -0.879. The number of urea groups is 1. The first-order valence-corrected chi connectivity index (χ1v) is 5.84. The van der Waals surface area contributed by atoms with Gasteiger partial charge in [-0.2, -0.15) is 0 Å². The number of benzene rings is 1. The number of methoxy groups -OCH3 is 1. The van der Waals surface area contributed by atoms with Crippen LogP contribution in [0.3, 0.4) is 0 Å². The normalized spacial score (nSPS) is 10.0. The summed E-state index contributed by atoms with van der Waals surface area (Å²) in [6.07, 6.45) is -0.0258. The molecule has 0 aliphatic heterocycles. The second kappa shape index (κ2) is 7.38. The Labute approximate surface area is 112 Å². The van der Waals surface area contributed by atoms with Crippen molar-refractivity contribution in [2.75, 3.05) is 32.6 Å². The maximum atomic E-state index is 11.7. The summed E-state index contributed by atoms with van der Waals surface area (Å²) in [5, 5.41) is 11.4. The number of likely N-dealkylation sites (N-methyl/N-ethyl adjacent to an activating group) is 1. The van der Waals surface area contributed by atoms with Crippen molar-refractivity contribution in [2.45, 2.75) is 6.42 Å². The van der Waals surface area contributed by atoms with Gasteiger partial charge in [0.2, 0.25) is 0 Å². The molecule has 1 rings (SSSR count). The third-order valence-electron chi connectivity index (χ3n) is 2.54. The van der Waals surface area contributed by atoms with Crippen LogP contribution in [0.5, 0.6) is 0 Å². The van der Waals surface area contributed by atoms with Crippen LogP contribution in [0.25, 0.3) is 0 Å². The number of hydrogen-bond acceptors (Lipinski definition) is 3. The van der Waals surface area contributed by atoms with Gasteiger partial charge in [0.05, 0.1) is 13.0 Å². The summed E-state index contributed by atoms with van der Waals surface area (Å²) in [6.45, 7) is 0.973. The van der Waals surface area contributed by atoms with Crippen LogP contribution in [0.1, 0.15) is 5.56 Å². The minimum Gasteiger partial charge on any atom is -0.481 e. The SMILES string of the molecule is COCCN(C)C(=O)Nc1ccc(CC(=O)O)cc1. The van der Waals surface area contributed by atoms with E-state index in [4.69, 9.17) is 9.84 Å². The highest BCUT2D eigenvalue weighted by Crippen LogP contribution is 2.10. The van der Waals surface area contributed by atoms with Crippen molar-refractivity contribution in [2.24, 2.45) is 0 Å². The zero-order valence-electron chi connectivity index (χ0n) is 11.0. The van der Waals surface area contributed by atoms with E-state index in [1.807, 2.05) is 0 Å². The smallest absolute Gasteiger partial charge is 0.321 e. The van der Waals surface area contributed by atoms with Gasteiger partial charge in [-0.3, -0.25) is 4.79 Å². The standard InChI is InChI=1S/C13H18N2O4/c1-15(7-8-19-2)13(18)14-11-5-3-10(4-6-11)9-12(16)17/h3-6H,7-9H2,1-2H3,(H,14,18)(H,16,17). The van der Waals surface area contributed by atoms with Gasteiger partial charge in [0, 0.05) is 26.4 Å². The van der Waals surface area contributed by atoms with Gasteiger partial charge in [0.25, 0.3) is 0 Å². The molecule has 104 valence electrons. The predicted molar refractivity (Wildman–Crippen MR) is 71.3 cm³/mol. The molecule has 0 atom stereocenters. The summed E-state index contributed by atoms with van der Waals surface area (Å²) in [5.74, 6) is -0.879. The number of ether oxygens (including phenoxy) is 1. The first-order valence-electron chi connectivity index (χ1n) is 5.84. The van der Waals surface area contributed by atoms with Gasteiger partial charge in [0.1, 0.15) is 0 Å². The second-order valence-corrected chi connectivity index (χ2v) is 4.11. The van der Waals surface area contributed by atoms with E-state index in [9.17, 15) is 9.59 Å². The minimum absolute atomic E-state index is 0.0258. The fraction of sp³-hybridized carbons (Fsp3) is 0.385. The second-order valence-electron chi connectivity index (χ2n) is 4.11. The van der Waals surface area contributed by atoms with Crippen molar-refractivity contribution in [3.8, 4) is 0 Å². The highest BCUT2D eigenvalue weighted by molar-refractivity contribution is 5.89. The van der Waals surface area contributed by atoms with Gasteiger partial charge in [-0.15, -0.1) is 0 Å². The van der Waals surface area contributed by atoms with Crippen LogP contribution < -0.4 is 5.32 Å². The van der Waals surface area contributed by atoms with Crippen molar-refractivity contribution in [3.05, 3.63) is 29.8 Å². The Bertz CT molecular complexity index is 431. The molecule has 6 nitrogen and oxygen atoms in total. The zero-order chi connectivity index (χ0) is 14.3. The molecule has 0 spiro atoms. The molecule has 0 heterocycles. The van der Waals surface area contributed by atoms with Crippen molar-refractivity contribution in [1.82, 2.24) is 4.90 Å². The third kappa shape index (κ3) is 5.39. The van der Waals surface area contributed by atoms with Crippen molar-refractivity contribution < 1.29 is 19.4 Å². The number of nitrogens with zero attached hydrogens (tertiary/aromatic N) is 1. The number of carboxylic acid groups (broad SMARTS) is 1. The van der Waals surface area contributed by atoms with Crippen LogP contribution in [-0.4, -0.2) is 49.3 Å². The Morgan fingerprint density at radius 2 is 1.95 bits per heavy atom. The third-order valence-corrected chi connectivity index (χ3v) is 2.54. The van der Waals surface area contributed by atoms with E-state index >= 15 is 0 Å². The predicted octanol–water partition coefficient (Wildman–Crippen LogP) is 1.42. The molecule has 2 amide bonds. The molecule has 0 aromatic heterocycles. The molecule has 0 radical (unpaired) electrons. The molecule has 0 aliphatic carbocycles. The molecule has 0 bridgehead atoms. The molecule has 0 saturated heterocycles. The lowest BCUT2D eigenvalue weighted by atomic mass is 10.1. The molecule has 0 unspecified atom stereocenters. The number of carbonyl (C=O) groups excluding carboxylic acids is 1. The van der Waals surface area contributed by atoms with Gasteiger partial charge in [-0.1, -0.05) is 12.1 Å². The first kappa shape index (κ1) is 15.0. The first-order chi connectivity index (χ1) is 9.02. The Morgan fingerprint density at radius 3 is 2.47 bits per heavy atom. The van der Waals surface area contributed by atoms with Crippen LogP contribution in [0, 0.1) is 0 Å². The van der Waals surface area contributed by atoms with Crippen molar-refractivity contribution in [1.29, 1.82) is 0 Å². The van der Waals surface area contributed by atoms with Gasteiger partial charge < -0.3 is 20.1 Å². The maximum absolute atomic E-state index is 11.7. The number of rotatable bonds is 6. The summed E-state index contributed by atoms with van der Waals surface area (Å²) < 4.78 is 4.89. The monoisotopic (exact) mass is 266 g/mol. The number of hydrogen-bond donors (Lipinski definition) is 2. The van der Waals surface area contributed by atoms with Gasteiger partial charge in [-0.05, 0) is 17.7 Å². The molecule has 1 aromatic rings. The van der Waals surface area contributed by atoms with Crippen molar-refractivity contribution in [3.63, 3.8) is 0 Å². The lowest BCUT2D eigenvalue weighted by Gasteiger charge is -2.17. The van der Waals surface area contributed by atoms with Crippen LogP contribution in [-0.2, 0) is 16.0 Å². The van der Waals surface area contributed by atoms with E-state index in [1.165, 1.54) is 4.90 Å². The van der Waals surface area contributed by atoms with E-state index < -0.39 is 5.97 Å². The number of aliphatic carboxylic acids is 1. The van der Waals surface area contributed by atoms with Crippen molar-refractivity contribution >= 4 is 17.7 Å². The van der Waals surface area contributed by atoms with Crippen LogP contribution >= 0.6 is 0 Å². The Kier molecular flexibility index (Phi) is 5.81. The van der Waals surface area contributed by atoms with E-state index in [-0.39, 0.29) is 12.5 Å². The van der Waals surface area contributed by atoms with E-state index in [1.54, 1.807) is 38.4 Å². The summed E-state index contributed by atoms with van der Waals surface area (Å²) in [6, 6.07) is 6.49. The summed E-state index contributed by atoms with van der Waals surface area (Å²) in [7, 11) is 3.25. The molecule has 0 saturated carbocycles.